The highest BCUT2D eigenvalue weighted by Gasteiger charge is 2.47. The van der Waals surface area contributed by atoms with Crippen molar-refractivity contribution in [3.63, 3.8) is 0 Å². The first-order valence-electron chi connectivity index (χ1n) is 40.1. The molecule has 0 amide bonds. The average Bonchev–Trinajstić information content (AvgIpc) is 1.69. The van der Waals surface area contributed by atoms with Crippen LogP contribution in [0.5, 0.6) is 0 Å². The van der Waals surface area contributed by atoms with Gasteiger partial charge in [0.15, 0.2) is 24.8 Å². The molecule has 6 aliphatic heterocycles. The van der Waals surface area contributed by atoms with Gasteiger partial charge < -0.3 is 63.5 Å². The minimum atomic E-state index is -4.73. The number of rotatable bonds is 18. The molecule has 12 unspecified atom stereocenters. The number of phosphoric acid groups is 2. The van der Waals surface area contributed by atoms with Crippen LogP contribution in [-0.4, -0.2) is 147 Å². The van der Waals surface area contributed by atoms with Gasteiger partial charge in [0.25, 0.3) is 7.82 Å². The highest BCUT2D eigenvalue weighted by atomic mass is 35.5. The van der Waals surface area contributed by atoms with Gasteiger partial charge in [0.1, 0.15) is 23.8 Å². The van der Waals surface area contributed by atoms with E-state index in [-0.39, 0.29) is 81.2 Å². The van der Waals surface area contributed by atoms with E-state index >= 15 is 0 Å². The Morgan fingerprint density at radius 3 is 1.02 bits per heavy atom. The summed E-state index contributed by atoms with van der Waals surface area (Å²) in [6.07, 6.45) is -1.32. The van der Waals surface area contributed by atoms with E-state index in [1.165, 1.54) is 79.8 Å². The molecule has 6 heterocycles. The summed E-state index contributed by atoms with van der Waals surface area (Å²) in [4.78, 5) is 35.5. The molecule has 0 spiro atoms. The van der Waals surface area contributed by atoms with Crippen LogP contribution in [0, 0.1) is 71.0 Å². The van der Waals surface area contributed by atoms with Crippen molar-refractivity contribution >= 4 is 384 Å². The van der Waals surface area contributed by atoms with E-state index in [0.29, 0.717) is 59.6 Å². The lowest BCUT2D eigenvalue weighted by Gasteiger charge is -2.44. The van der Waals surface area contributed by atoms with Gasteiger partial charge in [0.2, 0.25) is 11.5 Å². The van der Waals surface area contributed by atoms with E-state index in [1.807, 2.05) is 88.4 Å². The summed E-state index contributed by atoms with van der Waals surface area (Å²) in [5, 5.41) is 36.1. The number of aliphatic imine (C=N–C) groups is 1. The summed E-state index contributed by atoms with van der Waals surface area (Å²) in [5.41, 5.74) is 1.72. The Bertz CT molecular complexity index is 5020. The second-order valence-electron chi connectivity index (χ2n) is 28.4. The number of alkyl halides is 1. The van der Waals surface area contributed by atoms with Crippen molar-refractivity contribution in [2.24, 2.45) is 76.0 Å². The molecule has 6 aliphatic rings. The van der Waals surface area contributed by atoms with Crippen molar-refractivity contribution in [2.75, 3.05) is 26.2 Å². The van der Waals surface area contributed by atoms with E-state index in [0.717, 1.165) is 42.7 Å². The Morgan fingerprint density at radius 1 is 0.436 bits per heavy atom. The summed E-state index contributed by atoms with van der Waals surface area (Å²) >= 11 is 38.8. The number of carbonyl (C=O) groups is 1. The maximum atomic E-state index is 13.6. The number of aliphatic hydroxyl groups is 4. The average molecular weight is 2620 g/mol. The number of hydrogen-bond donors (Lipinski definition) is 5. The van der Waals surface area contributed by atoms with Crippen molar-refractivity contribution in [1.29, 1.82) is 0 Å². The molecule has 0 bridgehead atoms. The summed E-state index contributed by atoms with van der Waals surface area (Å²) < 4.78 is 80.0. The Labute approximate surface area is 917 Å². The van der Waals surface area contributed by atoms with Crippen molar-refractivity contribution in [2.45, 2.75) is 279 Å². The summed E-state index contributed by atoms with van der Waals surface area (Å²) in [7, 11) is 40.3. The van der Waals surface area contributed by atoms with Crippen LogP contribution in [0.2, 0.25) is 0 Å². The van der Waals surface area contributed by atoms with Crippen LogP contribution in [-0.2, 0) is 407 Å². The van der Waals surface area contributed by atoms with Gasteiger partial charge in [0.05, 0.1) is 50.3 Å². The van der Waals surface area contributed by atoms with Crippen molar-refractivity contribution < 1.29 is 90.7 Å². The largest absolute Gasteiger partial charge is 0.756 e. The fourth-order valence-corrected chi connectivity index (χ4v) is 80.5. The van der Waals surface area contributed by atoms with E-state index in [2.05, 4.69) is 175 Å². The number of hydrogen-bond acceptors (Lipinski definition) is 26. The van der Waals surface area contributed by atoms with Gasteiger partial charge in [-0.05, 0) is 121 Å². The fraction of sp³-hybridized carbons (Fsp3) is 0.806. The van der Waals surface area contributed by atoms with Crippen molar-refractivity contribution in [3.8, 4) is 0 Å². The molecule has 0 radical (unpaired) electrons. The zero-order chi connectivity index (χ0) is 99.5. The van der Waals surface area contributed by atoms with Gasteiger partial charge in [0, 0.05) is 365 Å². The quantitative estimate of drug-likeness (QED) is 0.0527. The van der Waals surface area contributed by atoms with Gasteiger partial charge in [-0.3, -0.25) is 27.5 Å². The topological polar surface area (TPSA) is 283 Å². The molecule has 133 heavy (non-hydrogen) atoms. The number of carbonyl (C=O) groups excluding carboxylic acids is 1. The molecule has 0 aromatic heterocycles. The number of ether oxygens (including phenoxy) is 6. The number of aliphatic hydroxyl groups excluding tert-OH is 4. The third-order valence-electron chi connectivity index (χ3n) is 20.9. The minimum absolute atomic E-state index is 0. The van der Waals surface area contributed by atoms with Crippen LogP contribution < -0.4 is 4.89 Å². The normalized spacial score (nSPS) is 27.9. The molecule has 5 N–H and O–H groups in total. The van der Waals surface area contributed by atoms with Gasteiger partial charge in [-0.1, -0.05) is 219 Å². The van der Waals surface area contributed by atoms with Crippen LogP contribution in [0.1, 0.15) is 197 Å². The first-order chi connectivity index (χ1) is 62.3. The van der Waals surface area contributed by atoms with Crippen LogP contribution in [0.25, 0.3) is 0 Å². The number of nitrogens with zero attached hydrogens (tertiary/aromatic N) is 2. The van der Waals surface area contributed by atoms with E-state index < -0.39 is 65.4 Å². The third kappa shape index (κ3) is 67.0. The lowest BCUT2D eigenvalue weighted by Crippen LogP contribution is -2.54. The zero-order valence-corrected chi connectivity index (χ0v) is 108. The number of phosphoric ester groups is 2. The predicted octanol–water partition coefficient (Wildman–Crippen LogP) is 14.9. The molecule has 5 saturated heterocycles. The standard InChI is InChI=1S/C24H33O5P.C11H19NO2.C10H19ClO.C10H21O5P.C7H14O5.C6H15N.C2H3ClO.2CH4.S13.S12.S11/c1-5-23-19(3)18(2)20(4)24(28-23)29-30(25,26-16-21-12-8-6-9-13-21)27-17-22-14-10-7-11-15-22;1-5-9-6(2)7(3)10-11(14-9)13-8(4)12-10;1-5-9-7(3)6(2)8(4)10(11)12-9;1-5-9-7(3)6(2)8(4)10(14-9)15-16(11,12)13;1-3-5(9)6(10)4(2-8)12-7(3)11;1-4-7(5-2)6-3;1-2(3)4;;;1-3-5-7-9-11-13-12-10-8-6-4-2;1-3-5-7-9-11-12-10-8-6-4-2;1-3-5-7-9-11-10-8-6-4-2/h6-15,18-20,23-24H,5,16-17H2,1-4H3;6-7,9-11H,5H2,1-4H3;6-10H,5H2,1-4H3;6-10H,5H2,1-4H3,(H2,11,12,13);3-11H,2H2,1H3;4-6H2,1-3H3;1H3;2*1H4;;;/p-1/t18-,19-,20?,23?,24+;6-,7-,9?,10?,11-;6-,7-,8?,9?,10-;6-,7-,8?,9?,10+;3?,4?,5-,6-,7?;;;;;;;/m00001......./s1. The molecule has 2 aromatic carbocycles. The highest BCUT2D eigenvalue weighted by Crippen LogP contribution is 2.55. The molecule has 5 fully saturated rings. The van der Waals surface area contributed by atoms with Gasteiger partial charge in [-0.25, -0.2) is 9.56 Å². The molecule has 61 heteroatoms. The highest BCUT2D eigenvalue weighted by molar-refractivity contribution is 8.77. The van der Waals surface area contributed by atoms with Gasteiger partial charge in [-0.2, -0.15) is 0 Å². The minimum Gasteiger partial charge on any atom is -0.756 e. The number of halogens is 2. The maximum absolute atomic E-state index is 13.6. The van der Waals surface area contributed by atoms with E-state index in [9.17, 15) is 29.0 Å². The van der Waals surface area contributed by atoms with E-state index in [4.69, 9.17) is 91.1 Å². The second kappa shape index (κ2) is 90.6. The Kier molecular flexibility index (Phi) is 98.9. The maximum Gasteiger partial charge on any atom is 0.477 e. The lowest BCUT2D eigenvalue weighted by atomic mass is 9.78. The monoisotopic (exact) mass is 2610 g/mol. The van der Waals surface area contributed by atoms with Crippen LogP contribution in [0.3, 0.4) is 0 Å². The van der Waals surface area contributed by atoms with Crippen LogP contribution in [0.15, 0.2) is 65.7 Å². The molecule has 2 aromatic rings. The third-order valence-corrected chi connectivity index (χ3v) is 83.3. The number of benzene rings is 2. The molecule has 784 valence electrons. The molecular formula is C72H131Cl2N2O19P2S36-. The molecule has 0 aliphatic carbocycles. The van der Waals surface area contributed by atoms with Crippen LogP contribution >= 0.6 is 38.8 Å². The SMILES string of the molecule is C.C.CC(=O)Cl.CC1C(O)OC(CO)[C@@H](O)[C@@H]1O.CCC1O[C@@H]2OC(C)=NC2[C@@H](C)[C@@H]1C.CCC1O[C@H](Cl)C(C)[C@@H](C)[C@@H]1C.CCC1O[C@H](OP(=O)(OCc2ccccc2)OCc2ccccc2)C(C)[C@@H](C)[C@@H]1C.CCC1O[C@H](OP(=O)([O-])O)C(C)[C@@H](C)[C@@H]1C.CCN(CC)CC.S=S=S=S=S=S=S=S=S=S=S.S=S=S=S=S=S=S=S=S=S=S=S.S=S=S=S=S=S=S=S=S=S=S=S=S. The zero-order valence-electron chi connectivity index (χ0n) is 75.5. The molecule has 26 atom stereocenters. The van der Waals surface area contributed by atoms with Gasteiger partial charge in [-0.15, -0.1) is 0 Å². The Morgan fingerprint density at radius 2 is 0.729 bits per heavy atom. The summed E-state index contributed by atoms with van der Waals surface area (Å²) in [6, 6.07) is 19.4. The second-order valence-corrected chi connectivity index (χ2v) is 85.2. The summed E-state index contributed by atoms with van der Waals surface area (Å²) in [6.45, 7) is 46.8. The summed E-state index contributed by atoms with van der Waals surface area (Å²) in [5.74, 6) is 4.55. The Hall–Kier alpha value is 5.90. The molecule has 8 rings (SSSR count). The molecule has 21 nitrogen and oxygen atoms in total. The first-order valence-corrected chi connectivity index (χ1v) is 87.8. The van der Waals surface area contributed by atoms with Crippen molar-refractivity contribution in [3.05, 3.63) is 71.8 Å². The first kappa shape index (κ1) is 145. The fourth-order valence-electron chi connectivity index (χ4n) is 12.5. The Balaban J connectivity index is -0.000000720. The van der Waals surface area contributed by atoms with E-state index in [1.54, 1.807) is 220 Å². The molecular weight excluding hydrogens is 2480 g/mol. The smallest absolute Gasteiger partial charge is 0.477 e. The van der Waals surface area contributed by atoms with Gasteiger partial charge >= 0.3 is 7.82 Å². The van der Waals surface area contributed by atoms with Crippen LogP contribution in [0.4, 0.5) is 0 Å². The van der Waals surface area contributed by atoms with Crippen molar-refractivity contribution in [1.82, 2.24) is 4.90 Å². The molecule has 0 saturated carbocycles. The lowest BCUT2D eigenvalue weighted by molar-refractivity contribution is -0.269. The number of fused-ring (bicyclic) bond motifs is 1. The predicted molar refractivity (Wildman–Crippen MR) is 650 cm³/mol.